The molecule has 0 unspecified atom stereocenters. The van der Waals surface area contributed by atoms with Crippen LogP contribution in [0.4, 0.5) is 0 Å². The zero-order valence-electron chi connectivity index (χ0n) is 7.16. The summed E-state index contributed by atoms with van der Waals surface area (Å²) in [6, 6.07) is 3.78. The van der Waals surface area contributed by atoms with Gasteiger partial charge in [-0.3, -0.25) is 4.79 Å². The topological polar surface area (TPSA) is 75.7 Å². The average Bonchev–Trinajstić information content (AvgIpc) is 2.59. The number of pyridine rings is 1. The van der Waals surface area contributed by atoms with Gasteiger partial charge < -0.3 is 4.98 Å². The molecule has 0 atom stereocenters. The highest BCUT2D eigenvalue weighted by atomic mass is 16.1. The number of rotatable bonds is 0. The van der Waals surface area contributed by atoms with Gasteiger partial charge in [-0.1, -0.05) is 0 Å². The van der Waals surface area contributed by atoms with Gasteiger partial charge in [0.2, 0.25) is 5.52 Å². The lowest BCUT2D eigenvalue weighted by Crippen LogP contribution is -2.07. The lowest BCUT2D eigenvalue weighted by atomic mass is 10.3. The lowest BCUT2D eigenvalue weighted by Gasteiger charge is -1.82. The molecule has 3 aromatic rings. The highest BCUT2D eigenvalue weighted by Crippen LogP contribution is 2.16. The molecule has 0 radical (unpaired) electrons. The molecule has 0 aliphatic rings. The number of H-pyrrole nitrogens is 3. The number of nitrogens with one attached hydrogen (secondary N) is 3. The Morgan fingerprint density at radius 2 is 2.36 bits per heavy atom. The van der Waals surface area contributed by atoms with Crippen LogP contribution in [0.1, 0.15) is 0 Å². The molecule has 3 heterocycles. The number of hydrogen-bond donors (Lipinski definition) is 2. The molecule has 0 bridgehead atoms. The van der Waals surface area contributed by atoms with Gasteiger partial charge in [0.15, 0.2) is 6.20 Å². The Bertz CT molecular complexity index is 667. The van der Waals surface area contributed by atoms with Crippen molar-refractivity contribution in [2.75, 3.05) is 0 Å². The molecule has 14 heavy (non-hydrogen) atoms. The first-order chi connectivity index (χ1) is 6.86. The molecule has 3 aromatic heterocycles. The number of aromatic nitrogens is 4. The normalized spacial score (nSPS) is 11.1. The summed E-state index contributed by atoms with van der Waals surface area (Å²) in [4.78, 5) is 17.5. The van der Waals surface area contributed by atoms with Crippen LogP contribution >= 0.6 is 0 Å². The lowest BCUT2D eigenvalue weighted by molar-refractivity contribution is -0.343. The van der Waals surface area contributed by atoms with Gasteiger partial charge in [-0.25, -0.2) is 10.1 Å². The minimum absolute atomic E-state index is 0.202. The number of hydrogen-bond acceptors (Lipinski definition) is 2. The zero-order valence-corrected chi connectivity index (χ0v) is 7.16. The second-order valence-corrected chi connectivity index (χ2v) is 3.07. The molecule has 68 valence electrons. The Morgan fingerprint density at radius 3 is 3.29 bits per heavy atom. The molecular weight excluding hydrogens is 180 g/mol. The van der Waals surface area contributed by atoms with Crippen LogP contribution in [0.25, 0.3) is 21.9 Å². The first-order valence-corrected chi connectivity index (χ1v) is 4.22. The molecule has 0 aliphatic heterocycles. The molecule has 0 aromatic carbocycles. The van der Waals surface area contributed by atoms with Gasteiger partial charge in [0.05, 0.1) is 11.6 Å². The van der Waals surface area contributed by atoms with Gasteiger partial charge in [0.25, 0.3) is 5.56 Å². The van der Waals surface area contributed by atoms with E-state index in [9.17, 15) is 4.79 Å². The van der Waals surface area contributed by atoms with E-state index in [1.807, 2.05) is 18.3 Å². The number of aromatic amines is 3. The molecule has 0 spiro atoms. The summed E-state index contributed by atoms with van der Waals surface area (Å²) in [7, 11) is 0. The Morgan fingerprint density at radius 1 is 1.43 bits per heavy atom. The summed E-state index contributed by atoms with van der Waals surface area (Å²) in [6.07, 6.45) is 3.45. The molecule has 5 nitrogen and oxygen atoms in total. The third kappa shape index (κ3) is 0.806. The second kappa shape index (κ2) is 2.41. The standard InChI is InChI=1S/C9H6N4O/c14-9-8-5(4-11-13-9)7-6(12-8)2-1-3-10-7/h1-4,12H,(H,13,14)/p+1. The molecule has 0 saturated heterocycles. The van der Waals surface area contributed by atoms with E-state index in [1.165, 1.54) is 0 Å². The Balaban J connectivity index is 2.70. The van der Waals surface area contributed by atoms with Gasteiger partial charge in [-0.2, -0.15) is 5.10 Å². The van der Waals surface area contributed by atoms with Crippen LogP contribution in [0.3, 0.4) is 0 Å². The van der Waals surface area contributed by atoms with Crippen LogP contribution in [0.15, 0.2) is 29.3 Å². The average molecular weight is 187 g/mol. The maximum atomic E-state index is 11.4. The molecule has 0 aliphatic carbocycles. The highest BCUT2D eigenvalue weighted by molar-refractivity contribution is 6.01. The fourth-order valence-electron chi connectivity index (χ4n) is 1.61. The van der Waals surface area contributed by atoms with E-state index in [4.69, 9.17) is 0 Å². The number of nitrogens with zero attached hydrogens (tertiary/aromatic N) is 1. The van der Waals surface area contributed by atoms with E-state index in [0.717, 1.165) is 16.4 Å². The van der Waals surface area contributed by atoms with E-state index in [0.29, 0.717) is 5.52 Å². The second-order valence-electron chi connectivity index (χ2n) is 3.07. The van der Waals surface area contributed by atoms with Crippen LogP contribution in [-0.2, 0) is 0 Å². The molecule has 0 fully saturated rings. The Labute approximate surface area is 77.8 Å². The van der Waals surface area contributed by atoms with Gasteiger partial charge in [0.1, 0.15) is 11.0 Å². The fourth-order valence-corrected chi connectivity index (χ4v) is 1.61. The minimum atomic E-state index is -0.202. The molecule has 0 amide bonds. The molecule has 3 N–H and O–H groups in total. The first-order valence-electron chi connectivity index (χ1n) is 4.22. The van der Waals surface area contributed by atoms with Crippen molar-refractivity contribution in [3.8, 4) is 0 Å². The summed E-state index contributed by atoms with van der Waals surface area (Å²) in [5.74, 6) is 0. The highest BCUT2D eigenvalue weighted by Gasteiger charge is 2.11. The van der Waals surface area contributed by atoms with Gasteiger partial charge in [-0.15, -0.1) is 0 Å². The first kappa shape index (κ1) is 7.25. The maximum absolute atomic E-state index is 11.4. The van der Waals surface area contributed by atoms with E-state index >= 15 is 0 Å². The summed E-state index contributed by atoms with van der Waals surface area (Å²) in [5.41, 5.74) is 2.16. The molecule has 5 heteroatoms. The molecule has 0 saturated carbocycles. The van der Waals surface area contributed by atoms with E-state index in [2.05, 4.69) is 20.2 Å². The van der Waals surface area contributed by atoms with Crippen molar-refractivity contribution < 1.29 is 4.98 Å². The van der Waals surface area contributed by atoms with Crippen molar-refractivity contribution in [1.29, 1.82) is 0 Å². The van der Waals surface area contributed by atoms with Crippen LogP contribution in [0, 0.1) is 0 Å². The van der Waals surface area contributed by atoms with Crippen LogP contribution in [0.2, 0.25) is 0 Å². The van der Waals surface area contributed by atoms with E-state index in [-0.39, 0.29) is 5.56 Å². The van der Waals surface area contributed by atoms with Gasteiger partial charge >= 0.3 is 0 Å². The van der Waals surface area contributed by atoms with E-state index < -0.39 is 0 Å². The summed E-state index contributed by atoms with van der Waals surface area (Å²) in [6.45, 7) is 0. The maximum Gasteiger partial charge on any atom is 0.288 e. The summed E-state index contributed by atoms with van der Waals surface area (Å²) < 4.78 is 0. The van der Waals surface area contributed by atoms with Crippen LogP contribution in [-0.4, -0.2) is 15.2 Å². The van der Waals surface area contributed by atoms with Gasteiger partial charge in [0, 0.05) is 6.07 Å². The Hall–Kier alpha value is -2.17. The van der Waals surface area contributed by atoms with Crippen molar-refractivity contribution in [3.63, 3.8) is 0 Å². The molecular formula is C9H7N4O+. The fraction of sp³-hybridized carbons (Fsp3) is 0. The van der Waals surface area contributed by atoms with Crippen molar-refractivity contribution in [1.82, 2.24) is 15.2 Å². The van der Waals surface area contributed by atoms with Crippen molar-refractivity contribution >= 4 is 21.9 Å². The largest absolute Gasteiger partial charge is 0.345 e. The monoisotopic (exact) mass is 187 g/mol. The summed E-state index contributed by atoms with van der Waals surface area (Å²) >= 11 is 0. The smallest absolute Gasteiger partial charge is 0.288 e. The molecule has 3 rings (SSSR count). The predicted octanol–water partition coefficient (Wildman–Crippen LogP) is 0.218. The third-order valence-electron chi connectivity index (χ3n) is 2.24. The van der Waals surface area contributed by atoms with Gasteiger partial charge in [-0.05, 0) is 6.07 Å². The van der Waals surface area contributed by atoms with Crippen molar-refractivity contribution in [2.24, 2.45) is 0 Å². The quantitative estimate of drug-likeness (QED) is 0.528. The van der Waals surface area contributed by atoms with E-state index in [1.54, 1.807) is 6.20 Å². The van der Waals surface area contributed by atoms with Crippen molar-refractivity contribution in [3.05, 3.63) is 34.9 Å². The van der Waals surface area contributed by atoms with Crippen molar-refractivity contribution in [2.45, 2.75) is 0 Å². The zero-order chi connectivity index (χ0) is 9.54. The third-order valence-corrected chi connectivity index (χ3v) is 2.24. The van der Waals surface area contributed by atoms with Crippen LogP contribution in [0.5, 0.6) is 0 Å². The SMILES string of the molecule is O=c1[nH]ncc2c1[nH]c1ccc[nH+]c12. The number of fused-ring (bicyclic) bond motifs is 3. The summed E-state index contributed by atoms with van der Waals surface area (Å²) in [5, 5.41) is 6.95. The Kier molecular flexibility index (Phi) is 1.25. The predicted molar refractivity (Wildman–Crippen MR) is 50.8 cm³/mol. The van der Waals surface area contributed by atoms with Crippen LogP contribution < -0.4 is 10.5 Å². The minimum Gasteiger partial charge on any atom is -0.345 e.